The predicted molar refractivity (Wildman–Crippen MR) is 52.4 cm³/mol. The largest absolute Gasteiger partial charge is 0.300 e. The molecule has 2 fully saturated rings. The summed E-state index contributed by atoms with van der Waals surface area (Å²) in [6, 6.07) is 0. The van der Waals surface area contributed by atoms with Gasteiger partial charge in [-0.05, 0) is 32.7 Å². The number of hydrogen-bond donors (Lipinski definition) is 0. The molecule has 0 aromatic carbocycles. The van der Waals surface area contributed by atoms with Gasteiger partial charge in [0.25, 0.3) is 0 Å². The minimum Gasteiger partial charge on any atom is -0.300 e. The molecular weight excluding hydrogens is 186 g/mol. The van der Waals surface area contributed by atoms with Crippen molar-refractivity contribution in [2.75, 3.05) is 25.1 Å². The fraction of sp³-hybridized carbons (Fsp3) is 1.00. The molecule has 0 aliphatic carbocycles. The van der Waals surface area contributed by atoms with Crippen LogP contribution in [0.2, 0.25) is 0 Å². The summed E-state index contributed by atoms with van der Waals surface area (Å²) in [5, 5.41) is 0. The van der Waals surface area contributed by atoms with E-state index in [1.54, 1.807) is 0 Å². The number of nitrogens with zero attached hydrogens (tertiary/aromatic N) is 1. The van der Waals surface area contributed by atoms with Crippen molar-refractivity contribution in [2.24, 2.45) is 5.92 Å². The molecule has 3 nitrogen and oxygen atoms in total. The number of hydrogen-bond acceptors (Lipinski definition) is 3. The topological polar surface area (TPSA) is 37.4 Å². The van der Waals surface area contributed by atoms with Crippen molar-refractivity contribution in [1.82, 2.24) is 4.90 Å². The second-order valence-corrected chi connectivity index (χ2v) is 6.93. The lowest BCUT2D eigenvalue weighted by molar-refractivity contribution is -0.0496. The molecule has 2 aliphatic heterocycles. The predicted octanol–water partition coefficient (Wildman–Crippen LogP) is 0.515. The quantitative estimate of drug-likeness (QED) is 0.576. The Morgan fingerprint density at radius 2 is 2.08 bits per heavy atom. The molecule has 4 heteroatoms. The van der Waals surface area contributed by atoms with Gasteiger partial charge in [-0.1, -0.05) is 0 Å². The number of rotatable bonds is 0. The Balaban J connectivity index is 2.19. The van der Waals surface area contributed by atoms with E-state index in [0.29, 0.717) is 17.4 Å². The van der Waals surface area contributed by atoms with Crippen molar-refractivity contribution < 1.29 is 8.42 Å². The van der Waals surface area contributed by atoms with E-state index < -0.39 is 9.84 Å². The second-order valence-electron chi connectivity index (χ2n) is 4.63. The summed E-state index contributed by atoms with van der Waals surface area (Å²) < 4.78 is 22.8. The molecule has 1 unspecified atom stereocenters. The highest BCUT2D eigenvalue weighted by atomic mass is 32.2. The maximum atomic E-state index is 11.4. The minimum atomic E-state index is -2.73. The van der Waals surface area contributed by atoms with Crippen molar-refractivity contribution >= 4 is 9.84 Å². The first-order chi connectivity index (χ1) is 5.94. The molecule has 0 amide bonds. The van der Waals surface area contributed by atoms with Crippen molar-refractivity contribution in [1.29, 1.82) is 0 Å². The summed E-state index contributed by atoms with van der Waals surface area (Å²) in [6.45, 7) is 3.27. The van der Waals surface area contributed by atoms with Gasteiger partial charge in [0.2, 0.25) is 0 Å². The van der Waals surface area contributed by atoms with Crippen LogP contribution in [0.3, 0.4) is 0 Å². The molecule has 0 spiro atoms. The third-order valence-corrected chi connectivity index (χ3v) is 5.63. The number of fused-ring (bicyclic) bond motifs is 1. The smallest absolute Gasteiger partial charge is 0.150 e. The molecule has 2 rings (SSSR count). The molecule has 0 radical (unpaired) electrons. The zero-order chi connectivity index (χ0) is 9.69. The van der Waals surface area contributed by atoms with E-state index in [4.69, 9.17) is 0 Å². The van der Waals surface area contributed by atoms with Gasteiger partial charge in [-0.25, -0.2) is 8.42 Å². The van der Waals surface area contributed by atoms with Crippen LogP contribution in [0.1, 0.15) is 19.8 Å². The van der Waals surface area contributed by atoms with E-state index in [0.717, 1.165) is 19.4 Å². The summed E-state index contributed by atoms with van der Waals surface area (Å²) in [5.74, 6) is 1.39. The lowest BCUT2D eigenvalue weighted by Gasteiger charge is -2.55. The van der Waals surface area contributed by atoms with Gasteiger partial charge >= 0.3 is 0 Å². The van der Waals surface area contributed by atoms with Crippen molar-refractivity contribution in [3.63, 3.8) is 0 Å². The van der Waals surface area contributed by atoms with Crippen molar-refractivity contribution in [2.45, 2.75) is 25.3 Å². The molecule has 2 heterocycles. The highest BCUT2D eigenvalue weighted by Gasteiger charge is 2.49. The maximum Gasteiger partial charge on any atom is 0.150 e. The monoisotopic (exact) mass is 203 g/mol. The Morgan fingerprint density at radius 1 is 1.38 bits per heavy atom. The van der Waals surface area contributed by atoms with Gasteiger partial charge in [0.1, 0.15) is 9.84 Å². The van der Waals surface area contributed by atoms with Gasteiger partial charge < -0.3 is 4.90 Å². The van der Waals surface area contributed by atoms with Gasteiger partial charge in [-0.2, -0.15) is 0 Å². The van der Waals surface area contributed by atoms with Crippen LogP contribution in [0.4, 0.5) is 0 Å². The first-order valence-corrected chi connectivity index (χ1v) is 6.68. The lowest BCUT2D eigenvalue weighted by Crippen LogP contribution is -2.63. The van der Waals surface area contributed by atoms with E-state index >= 15 is 0 Å². The van der Waals surface area contributed by atoms with Crippen LogP contribution in [0.25, 0.3) is 0 Å². The van der Waals surface area contributed by atoms with E-state index in [9.17, 15) is 8.42 Å². The van der Waals surface area contributed by atoms with E-state index in [2.05, 4.69) is 18.9 Å². The van der Waals surface area contributed by atoms with E-state index in [1.165, 1.54) is 0 Å². The SMILES string of the molecule is CN1CC2CCS(=O)(=O)CC[C@]21C. The Hall–Kier alpha value is -0.0900. The first-order valence-electron chi connectivity index (χ1n) is 4.86. The Labute approximate surface area is 80.0 Å². The third kappa shape index (κ3) is 1.40. The van der Waals surface area contributed by atoms with Crippen LogP contribution in [0.5, 0.6) is 0 Å². The summed E-state index contributed by atoms with van der Waals surface area (Å²) in [7, 11) is -0.642. The molecule has 2 atom stereocenters. The molecule has 0 N–H and O–H groups in total. The van der Waals surface area contributed by atoms with Crippen LogP contribution in [-0.2, 0) is 9.84 Å². The molecular formula is C9H17NO2S. The van der Waals surface area contributed by atoms with Crippen LogP contribution in [0.15, 0.2) is 0 Å². The molecule has 2 saturated heterocycles. The molecule has 2 aliphatic rings. The fourth-order valence-corrected chi connectivity index (χ4v) is 4.09. The van der Waals surface area contributed by atoms with Crippen LogP contribution >= 0.6 is 0 Å². The first kappa shape index (κ1) is 9.46. The summed E-state index contributed by atoms with van der Waals surface area (Å²) in [4.78, 5) is 2.29. The fourth-order valence-electron chi connectivity index (χ4n) is 2.52. The highest BCUT2D eigenvalue weighted by molar-refractivity contribution is 7.91. The number of likely N-dealkylation sites (tertiary alicyclic amines) is 1. The molecule has 76 valence electrons. The lowest BCUT2D eigenvalue weighted by atomic mass is 9.73. The molecule has 13 heavy (non-hydrogen) atoms. The van der Waals surface area contributed by atoms with Gasteiger partial charge in [-0.3, -0.25) is 0 Å². The number of sulfone groups is 1. The summed E-state index contributed by atoms with van der Waals surface area (Å²) in [5.41, 5.74) is 0.170. The van der Waals surface area contributed by atoms with E-state index in [1.807, 2.05) is 0 Å². The Morgan fingerprint density at radius 3 is 2.69 bits per heavy atom. The third-order valence-electron chi connectivity index (χ3n) is 3.94. The minimum absolute atomic E-state index is 0.170. The van der Waals surface area contributed by atoms with Gasteiger partial charge in [0.15, 0.2) is 0 Å². The average Bonchev–Trinajstić information content (AvgIpc) is 2.15. The van der Waals surface area contributed by atoms with Crippen LogP contribution in [0, 0.1) is 5.92 Å². The normalized spacial score (nSPS) is 44.6. The summed E-state index contributed by atoms with van der Waals surface area (Å²) in [6.07, 6.45) is 1.68. The summed E-state index contributed by atoms with van der Waals surface area (Å²) >= 11 is 0. The highest BCUT2D eigenvalue weighted by Crippen LogP contribution is 2.42. The Kier molecular flexibility index (Phi) is 1.97. The Bertz CT molecular complexity index is 312. The van der Waals surface area contributed by atoms with Crippen LogP contribution < -0.4 is 0 Å². The van der Waals surface area contributed by atoms with Crippen molar-refractivity contribution in [3.05, 3.63) is 0 Å². The second kappa shape index (κ2) is 2.70. The zero-order valence-electron chi connectivity index (χ0n) is 8.28. The van der Waals surface area contributed by atoms with E-state index in [-0.39, 0.29) is 5.54 Å². The molecule has 0 saturated carbocycles. The maximum absolute atomic E-state index is 11.4. The molecule has 0 aromatic heterocycles. The molecule has 0 bridgehead atoms. The van der Waals surface area contributed by atoms with Gasteiger partial charge in [0.05, 0.1) is 11.5 Å². The van der Waals surface area contributed by atoms with Crippen molar-refractivity contribution in [3.8, 4) is 0 Å². The average molecular weight is 203 g/mol. The van der Waals surface area contributed by atoms with Gasteiger partial charge in [-0.15, -0.1) is 0 Å². The van der Waals surface area contributed by atoms with Crippen LogP contribution in [-0.4, -0.2) is 44.0 Å². The molecule has 0 aromatic rings. The van der Waals surface area contributed by atoms with Gasteiger partial charge in [0, 0.05) is 12.1 Å². The zero-order valence-corrected chi connectivity index (χ0v) is 9.10. The standard InChI is InChI=1S/C9H17NO2S/c1-9-4-6-13(11,12)5-3-8(9)7-10(9)2/h8H,3-7H2,1-2H3/t8?,9-/m1/s1.